The average molecular weight is 329 g/mol. The van der Waals surface area contributed by atoms with E-state index in [-0.39, 0.29) is 16.9 Å². The highest BCUT2D eigenvalue weighted by atomic mass is 19.1. The van der Waals surface area contributed by atoms with Crippen molar-refractivity contribution in [2.24, 2.45) is 0 Å². The van der Waals surface area contributed by atoms with E-state index in [1.165, 1.54) is 37.2 Å². The summed E-state index contributed by atoms with van der Waals surface area (Å²) in [6, 6.07) is 4.39. The molecule has 24 heavy (non-hydrogen) atoms. The molecule has 6 heteroatoms. The standard InChI is InChI=1S/C18H20FN3O2/c19-12-4-5-16-14(9-12)17(23)15(10-20-16)18(24)22-8-7-21-6-2-1-3-13(21)11-22/h4-5,9-10,13H,1-3,6-8,11H2,(H,20,23). The Balaban J connectivity index is 1.63. The molecule has 1 aromatic carbocycles. The third kappa shape index (κ3) is 2.60. The van der Waals surface area contributed by atoms with Crippen LogP contribution in [0.1, 0.15) is 29.6 Å². The number of aromatic nitrogens is 1. The Morgan fingerprint density at radius 2 is 2.08 bits per heavy atom. The molecule has 2 aromatic rings. The Labute approximate surface area is 139 Å². The molecule has 1 unspecified atom stereocenters. The van der Waals surface area contributed by atoms with Crippen molar-refractivity contribution in [2.75, 3.05) is 26.2 Å². The average Bonchev–Trinajstić information content (AvgIpc) is 2.61. The maximum Gasteiger partial charge on any atom is 0.259 e. The summed E-state index contributed by atoms with van der Waals surface area (Å²) in [4.78, 5) is 32.6. The lowest BCUT2D eigenvalue weighted by molar-refractivity contribution is 0.0371. The highest BCUT2D eigenvalue weighted by molar-refractivity contribution is 5.97. The van der Waals surface area contributed by atoms with Crippen molar-refractivity contribution in [3.8, 4) is 0 Å². The third-order valence-electron chi connectivity index (χ3n) is 5.20. The molecule has 2 aliphatic rings. The number of benzene rings is 1. The molecule has 1 atom stereocenters. The van der Waals surface area contributed by atoms with E-state index >= 15 is 0 Å². The fourth-order valence-corrected chi connectivity index (χ4v) is 3.86. The van der Waals surface area contributed by atoms with Crippen LogP contribution in [-0.2, 0) is 0 Å². The Hall–Kier alpha value is -2.21. The Morgan fingerprint density at radius 1 is 1.21 bits per heavy atom. The molecule has 2 saturated heterocycles. The molecule has 1 N–H and O–H groups in total. The van der Waals surface area contributed by atoms with E-state index in [2.05, 4.69) is 9.88 Å². The minimum atomic E-state index is -0.478. The topological polar surface area (TPSA) is 56.4 Å². The quantitative estimate of drug-likeness (QED) is 0.870. The summed E-state index contributed by atoms with van der Waals surface area (Å²) >= 11 is 0. The van der Waals surface area contributed by atoms with Crippen LogP contribution in [-0.4, -0.2) is 52.9 Å². The van der Waals surface area contributed by atoms with Crippen LogP contribution in [0, 0.1) is 5.82 Å². The number of amides is 1. The van der Waals surface area contributed by atoms with E-state index in [0.717, 1.165) is 19.5 Å². The maximum absolute atomic E-state index is 13.4. The number of rotatable bonds is 1. The molecule has 3 heterocycles. The normalized spacial score (nSPS) is 21.7. The summed E-state index contributed by atoms with van der Waals surface area (Å²) in [5.41, 5.74) is 0.228. The molecule has 0 aliphatic carbocycles. The molecule has 2 aliphatic heterocycles. The third-order valence-corrected chi connectivity index (χ3v) is 5.20. The Bertz CT molecular complexity index is 848. The van der Waals surface area contributed by atoms with Gasteiger partial charge in [-0.1, -0.05) is 6.42 Å². The zero-order chi connectivity index (χ0) is 16.7. The van der Waals surface area contributed by atoms with Crippen LogP contribution in [0.5, 0.6) is 0 Å². The second-order valence-corrected chi connectivity index (χ2v) is 6.66. The van der Waals surface area contributed by atoms with Crippen LogP contribution in [0.15, 0.2) is 29.2 Å². The first-order valence-corrected chi connectivity index (χ1v) is 8.48. The predicted octanol–water partition coefficient (Wildman–Crippen LogP) is 1.98. The summed E-state index contributed by atoms with van der Waals surface area (Å²) in [6.45, 7) is 3.26. The van der Waals surface area contributed by atoms with Crippen LogP contribution >= 0.6 is 0 Å². The molecule has 0 bridgehead atoms. The Kier molecular flexibility index (Phi) is 3.84. The Morgan fingerprint density at radius 3 is 2.96 bits per heavy atom. The number of piperidine rings is 1. The van der Waals surface area contributed by atoms with Gasteiger partial charge < -0.3 is 9.88 Å². The molecular weight excluding hydrogens is 309 g/mol. The summed E-state index contributed by atoms with van der Waals surface area (Å²) in [5.74, 6) is -0.735. The van der Waals surface area contributed by atoms with Gasteiger partial charge >= 0.3 is 0 Å². The summed E-state index contributed by atoms with van der Waals surface area (Å²) < 4.78 is 13.4. The number of piperazine rings is 1. The van der Waals surface area contributed by atoms with Gasteiger partial charge in [0.25, 0.3) is 5.91 Å². The van der Waals surface area contributed by atoms with Gasteiger partial charge in [-0.15, -0.1) is 0 Å². The van der Waals surface area contributed by atoms with Gasteiger partial charge in [0, 0.05) is 42.8 Å². The molecule has 5 nitrogen and oxygen atoms in total. The smallest absolute Gasteiger partial charge is 0.259 e. The molecule has 126 valence electrons. The highest BCUT2D eigenvalue weighted by Crippen LogP contribution is 2.22. The largest absolute Gasteiger partial charge is 0.360 e. The van der Waals surface area contributed by atoms with E-state index < -0.39 is 11.2 Å². The van der Waals surface area contributed by atoms with Crippen molar-refractivity contribution in [1.29, 1.82) is 0 Å². The minimum Gasteiger partial charge on any atom is -0.360 e. The van der Waals surface area contributed by atoms with E-state index in [0.29, 0.717) is 24.6 Å². The van der Waals surface area contributed by atoms with E-state index in [4.69, 9.17) is 0 Å². The highest BCUT2D eigenvalue weighted by Gasteiger charge is 2.32. The van der Waals surface area contributed by atoms with Crippen LogP contribution in [0.25, 0.3) is 10.9 Å². The lowest BCUT2D eigenvalue weighted by Gasteiger charge is -2.44. The first-order valence-electron chi connectivity index (χ1n) is 8.48. The van der Waals surface area contributed by atoms with Gasteiger partial charge in [-0.25, -0.2) is 4.39 Å². The monoisotopic (exact) mass is 329 g/mol. The van der Waals surface area contributed by atoms with Crippen molar-refractivity contribution in [1.82, 2.24) is 14.8 Å². The molecule has 1 aromatic heterocycles. The molecule has 1 amide bonds. The molecule has 2 fully saturated rings. The number of H-pyrrole nitrogens is 1. The van der Waals surface area contributed by atoms with Crippen molar-refractivity contribution >= 4 is 16.8 Å². The zero-order valence-electron chi connectivity index (χ0n) is 13.4. The molecular formula is C18H20FN3O2. The summed E-state index contributed by atoms with van der Waals surface area (Å²) in [7, 11) is 0. The van der Waals surface area contributed by atoms with E-state index in [1.807, 2.05) is 0 Å². The number of hydrogen-bond donors (Lipinski definition) is 1. The second kappa shape index (κ2) is 6.02. The fraction of sp³-hybridized carbons (Fsp3) is 0.444. The molecule has 0 spiro atoms. The molecule has 0 radical (unpaired) electrons. The van der Waals surface area contributed by atoms with Gasteiger partial charge in [0.05, 0.1) is 0 Å². The minimum absolute atomic E-state index is 0.0948. The number of nitrogens with zero attached hydrogens (tertiary/aromatic N) is 2. The number of fused-ring (bicyclic) bond motifs is 2. The first-order chi connectivity index (χ1) is 11.6. The number of carbonyl (C=O) groups excluding carboxylic acids is 1. The van der Waals surface area contributed by atoms with Crippen molar-refractivity contribution < 1.29 is 9.18 Å². The summed E-state index contributed by atoms with van der Waals surface area (Å²) in [5, 5.41) is 0.220. The zero-order valence-corrected chi connectivity index (χ0v) is 13.4. The molecule has 0 saturated carbocycles. The van der Waals surface area contributed by atoms with Gasteiger partial charge in [-0.05, 0) is 37.6 Å². The number of pyridine rings is 1. The van der Waals surface area contributed by atoms with Gasteiger partial charge in [0.1, 0.15) is 11.4 Å². The van der Waals surface area contributed by atoms with Crippen LogP contribution in [0.3, 0.4) is 0 Å². The second-order valence-electron chi connectivity index (χ2n) is 6.66. The van der Waals surface area contributed by atoms with Crippen molar-refractivity contribution in [2.45, 2.75) is 25.3 Å². The van der Waals surface area contributed by atoms with Crippen LogP contribution < -0.4 is 5.43 Å². The van der Waals surface area contributed by atoms with Crippen LogP contribution in [0.2, 0.25) is 0 Å². The van der Waals surface area contributed by atoms with Crippen molar-refractivity contribution in [3.05, 3.63) is 46.0 Å². The van der Waals surface area contributed by atoms with Gasteiger partial charge in [-0.3, -0.25) is 14.5 Å². The number of hydrogen-bond acceptors (Lipinski definition) is 3. The lowest BCUT2D eigenvalue weighted by atomic mass is 9.99. The number of halogens is 1. The predicted molar refractivity (Wildman–Crippen MR) is 89.6 cm³/mol. The fourth-order valence-electron chi connectivity index (χ4n) is 3.86. The number of nitrogens with one attached hydrogen (secondary N) is 1. The number of carbonyl (C=O) groups is 1. The molecule has 4 rings (SSSR count). The number of aromatic amines is 1. The van der Waals surface area contributed by atoms with E-state index in [9.17, 15) is 14.0 Å². The van der Waals surface area contributed by atoms with Gasteiger partial charge in [0.2, 0.25) is 5.43 Å². The van der Waals surface area contributed by atoms with Crippen molar-refractivity contribution in [3.63, 3.8) is 0 Å². The van der Waals surface area contributed by atoms with E-state index in [1.54, 1.807) is 4.90 Å². The maximum atomic E-state index is 13.4. The van der Waals surface area contributed by atoms with Gasteiger partial charge in [0.15, 0.2) is 0 Å². The first kappa shape index (κ1) is 15.3. The summed E-state index contributed by atoms with van der Waals surface area (Å²) in [6.07, 6.45) is 4.97. The SMILES string of the molecule is O=C(c1c[nH]c2ccc(F)cc2c1=O)N1CCN2CCCCC2C1. The van der Waals surface area contributed by atoms with Crippen LogP contribution in [0.4, 0.5) is 4.39 Å². The van der Waals surface area contributed by atoms with Gasteiger partial charge in [-0.2, -0.15) is 0 Å². The lowest BCUT2D eigenvalue weighted by Crippen LogP contribution is -2.56.